The van der Waals surface area contributed by atoms with Crippen LogP contribution in [0.25, 0.3) is 17.4 Å². The minimum absolute atomic E-state index is 0.0554. The van der Waals surface area contributed by atoms with Crippen molar-refractivity contribution in [2.24, 2.45) is 0 Å². The van der Waals surface area contributed by atoms with Crippen LogP contribution in [0.5, 0.6) is 0 Å². The van der Waals surface area contributed by atoms with Crippen LogP contribution in [0.3, 0.4) is 0 Å². The molecule has 0 spiro atoms. The third-order valence-corrected chi connectivity index (χ3v) is 6.55. The van der Waals surface area contributed by atoms with Crippen LogP contribution in [-0.2, 0) is 11.3 Å². The molecular formula is C22H12Cl3NO5S. The monoisotopic (exact) mass is 507 g/mol. The molecule has 0 unspecified atom stereocenters. The predicted molar refractivity (Wildman–Crippen MR) is 124 cm³/mol. The first kappa shape index (κ1) is 22.5. The van der Waals surface area contributed by atoms with Gasteiger partial charge in [-0.15, -0.1) is 0 Å². The van der Waals surface area contributed by atoms with Crippen molar-refractivity contribution in [3.63, 3.8) is 0 Å². The quantitative estimate of drug-likeness (QED) is 0.380. The number of halogens is 3. The average molecular weight is 509 g/mol. The van der Waals surface area contributed by atoms with E-state index >= 15 is 0 Å². The number of nitrogens with zero attached hydrogens (tertiary/aromatic N) is 1. The summed E-state index contributed by atoms with van der Waals surface area (Å²) in [5.74, 6) is -0.906. The number of imide groups is 1. The highest BCUT2D eigenvalue weighted by Crippen LogP contribution is 2.36. The second-order valence-electron chi connectivity index (χ2n) is 6.72. The van der Waals surface area contributed by atoms with E-state index in [1.807, 2.05) is 0 Å². The number of carboxylic acids is 1. The van der Waals surface area contributed by atoms with E-state index < -0.39 is 17.1 Å². The molecule has 10 heteroatoms. The van der Waals surface area contributed by atoms with Gasteiger partial charge in [-0.2, -0.15) is 0 Å². The topological polar surface area (TPSA) is 87.8 Å². The standard InChI is InChI=1S/C22H12Cl3NO5S/c23-15-5-2-12(21(28)29)8-14(15)18-6-3-13(31-18)9-19-20(27)26(22(30)32-19)10-11-1-4-16(24)17(25)7-11/h1-9H,10H2,(H,28,29)/b19-9-. The van der Waals surface area contributed by atoms with E-state index in [2.05, 4.69) is 0 Å². The molecule has 162 valence electrons. The van der Waals surface area contributed by atoms with Gasteiger partial charge in [0.1, 0.15) is 11.5 Å². The Bertz CT molecular complexity index is 1300. The van der Waals surface area contributed by atoms with E-state index in [0.717, 1.165) is 16.7 Å². The van der Waals surface area contributed by atoms with E-state index in [-0.39, 0.29) is 17.0 Å². The van der Waals surface area contributed by atoms with Gasteiger partial charge in [0.2, 0.25) is 0 Å². The maximum absolute atomic E-state index is 12.8. The molecule has 2 amide bonds. The lowest BCUT2D eigenvalue weighted by atomic mass is 10.1. The molecule has 1 N–H and O–H groups in total. The molecular weight excluding hydrogens is 497 g/mol. The summed E-state index contributed by atoms with van der Waals surface area (Å²) in [4.78, 5) is 37.7. The highest BCUT2D eigenvalue weighted by Gasteiger charge is 2.35. The molecule has 4 rings (SSSR count). The smallest absolute Gasteiger partial charge is 0.335 e. The number of aromatic carboxylic acids is 1. The van der Waals surface area contributed by atoms with Crippen LogP contribution < -0.4 is 0 Å². The number of thioether (sulfide) groups is 1. The average Bonchev–Trinajstić information content (AvgIpc) is 3.31. The Labute approximate surface area is 201 Å². The highest BCUT2D eigenvalue weighted by molar-refractivity contribution is 8.18. The van der Waals surface area contributed by atoms with Crippen molar-refractivity contribution in [3.05, 3.63) is 85.4 Å². The minimum Gasteiger partial charge on any atom is -0.478 e. The van der Waals surface area contributed by atoms with Gasteiger partial charge in [-0.3, -0.25) is 14.5 Å². The number of carbonyl (C=O) groups is 3. The summed E-state index contributed by atoms with van der Waals surface area (Å²) in [6.45, 7) is 0.0554. The summed E-state index contributed by atoms with van der Waals surface area (Å²) in [5.41, 5.74) is 1.13. The molecule has 1 fully saturated rings. The Hall–Kier alpha value is -2.71. The third kappa shape index (κ3) is 4.56. The van der Waals surface area contributed by atoms with Gasteiger partial charge in [0.25, 0.3) is 11.1 Å². The zero-order valence-electron chi connectivity index (χ0n) is 16.0. The molecule has 1 aliphatic heterocycles. The molecule has 1 aliphatic rings. The molecule has 6 nitrogen and oxygen atoms in total. The first-order chi connectivity index (χ1) is 15.2. The van der Waals surface area contributed by atoms with Crippen molar-refractivity contribution in [3.8, 4) is 11.3 Å². The van der Waals surface area contributed by atoms with Crippen LogP contribution in [0.2, 0.25) is 15.1 Å². The Morgan fingerprint density at radius 3 is 2.47 bits per heavy atom. The van der Waals surface area contributed by atoms with Crippen LogP contribution in [0.1, 0.15) is 21.7 Å². The highest BCUT2D eigenvalue weighted by atomic mass is 35.5. The zero-order valence-corrected chi connectivity index (χ0v) is 19.1. The molecule has 32 heavy (non-hydrogen) atoms. The number of carbonyl (C=O) groups excluding carboxylic acids is 2. The fourth-order valence-electron chi connectivity index (χ4n) is 3.01. The summed E-state index contributed by atoms with van der Waals surface area (Å²) >= 11 is 18.9. The van der Waals surface area contributed by atoms with Crippen molar-refractivity contribution in [2.45, 2.75) is 6.54 Å². The van der Waals surface area contributed by atoms with Gasteiger partial charge in [-0.05, 0) is 59.8 Å². The number of rotatable bonds is 5. The molecule has 1 aromatic heterocycles. The summed E-state index contributed by atoms with van der Waals surface area (Å²) in [5, 5.41) is 9.79. The number of benzene rings is 2. The molecule has 0 aliphatic carbocycles. The predicted octanol–water partition coefficient (Wildman–Crippen LogP) is 6.84. The second kappa shape index (κ2) is 9.03. The summed E-state index contributed by atoms with van der Waals surface area (Å²) in [6, 6.07) is 12.4. The third-order valence-electron chi connectivity index (χ3n) is 4.58. The van der Waals surface area contributed by atoms with Gasteiger partial charge in [-0.1, -0.05) is 40.9 Å². The van der Waals surface area contributed by atoms with E-state index in [1.165, 1.54) is 24.3 Å². The van der Waals surface area contributed by atoms with Crippen molar-refractivity contribution in [2.75, 3.05) is 0 Å². The fourth-order valence-corrected chi connectivity index (χ4v) is 4.36. The molecule has 0 saturated carbocycles. The Morgan fingerprint density at radius 1 is 1.00 bits per heavy atom. The normalized spacial score (nSPS) is 15.1. The lowest BCUT2D eigenvalue weighted by molar-refractivity contribution is -0.123. The first-order valence-electron chi connectivity index (χ1n) is 9.05. The molecule has 3 aromatic rings. The van der Waals surface area contributed by atoms with Crippen molar-refractivity contribution >= 4 is 69.8 Å². The number of hydrogen-bond acceptors (Lipinski definition) is 5. The lowest BCUT2D eigenvalue weighted by Crippen LogP contribution is -2.27. The zero-order chi connectivity index (χ0) is 23.0. The lowest BCUT2D eigenvalue weighted by Gasteiger charge is -2.12. The first-order valence-corrected chi connectivity index (χ1v) is 11.0. The van der Waals surface area contributed by atoms with Crippen LogP contribution in [0.15, 0.2) is 57.9 Å². The van der Waals surface area contributed by atoms with Crippen molar-refractivity contribution in [1.29, 1.82) is 0 Å². The minimum atomic E-state index is -1.09. The molecule has 2 aromatic carbocycles. The number of furan rings is 1. The van der Waals surface area contributed by atoms with Gasteiger partial charge < -0.3 is 9.52 Å². The molecule has 2 heterocycles. The second-order valence-corrected chi connectivity index (χ2v) is 8.93. The Kier molecular flexibility index (Phi) is 6.35. The van der Waals surface area contributed by atoms with Crippen molar-refractivity contribution in [1.82, 2.24) is 4.90 Å². The van der Waals surface area contributed by atoms with Gasteiger partial charge in [0.05, 0.1) is 32.1 Å². The maximum Gasteiger partial charge on any atom is 0.335 e. The van der Waals surface area contributed by atoms with Crippen LogP contribution in [-0.4, -0.2) is 27.1 Å². The molecule has 0 radical (unpaired) electrons. The van der Waals surface area contributed by atoms with Crippen molar-refractivity contribution < 1.29 is 23.9 Å². The summed E-state index contributed by atoms with van der Waals surface area (Å²) < 4.78 is 5.73. The molecule has 0 bridgehead atoms. The van der Waals surface area contributed by atoms with Gasteiger partial charge in [0.15, 0.2) is 0 Å². The molecule has 0 atom stereocenters. The maximum atomic E-state index is 12.8. The van der Waals surface area contributed by atoms with E-state index in [0.29, 0.717) is 37.7 Å². The Balaban J connectivity index is 1.56. The largest absolute Gasteiger partial charge is 0.478 e. The molecule has 1 saturated heterocycles. The fraction of sp³-hybridized carbons (Fsp3) is 0.0455. The number of amides is 2. The SMILES string of the molecule is O=C(O)c1ccc(Cl)c(-c2ccc(/C=C3\SC(=O)N(Cc4ccc(Cl)c(Cl)c4)C3=O)o2)c1. The number of hydrogen-bond donors (Lipinski definition) is 1. The van der Waals surface area contributed by atoms with E-state index in [4.69, 9.17) is 39.2 Å². The summed E-state index contributed by atoms with van der Waals surface area (Å²) in [6.07, 6.45) is 1.46. The number of carboxylic acid groups (broad SMARTS) is 1. The van der Waals surface area contributed by atoms with E-state index in [1.54, 1.807) is 30.3 Å². The summed E-state index contributed by atoms with van der Waals surface area (Å²) in [7, 11) is 0. The van der Waals surface area contributed by atoms with E-state index in [9.17, 15) is 19.5 Å². The van der Waals surface area contributed by atoms with Gasteiger partial charge >= 0.3 is 5.97 Å². The van der Waals surface area contributed by atoms with Gasteiger partial charge in [-0.25, -0.2) is 4.79 Å². The van der Waals surface area contributed by atoms with Gasteiger partial charge in [0, 0.05) is 11.6 Å². The van der Waals surface area contributed by atoms with Crippen LogP contribution in [0, 0.1) is 0 Å². The van der Waals surface area contributed by atoms with Crippen LogP contribution in [0.4, 0.5) is 4.79 Å². The Morgan fingerprint density at radius 2 is 1.75 bits per heavy atom. The van der Waals surface area contributed by atoms with Crippen LogP contribution >= 0.6 is 46.6 Å².